The van der Waals surface area contributed by atoms with Gasteiger partial charge in [0.15, 0.2) is 12.6 Å². The zero-order chi connectivity index (χ0) is 30.4. The number of benzene rings is 1. The summed E-state index contributed by atoms with van der Waals surface area (Å²) in [4.78, 5) is 39.8. The second-order valence-corrected chi connectivity index (χ2v) is 12.9. The fourth-order valence-electron chi connectivity index (χ4n) is 8.18. The molecule has 1 amide bonds. The maximum absolute atomic E-state index is 12.5. The van der Waals surface area contributed by atoms with Crippen molar-refractivity contribution in [3.63, 3.8) is 0 Å². The standard InChI is InChI=1S/C31H39N3O8/c1-29-12-9-20(16-19(29)7-8-22-23(29)10-13-30(2)24(22)11-14-31(30,3)39)33-42-17-25(35)32-26(28(37)38)27(36)18-5-4-6-21(15-18)34(40)41/h4-6,9,12,15-16,22-24,26-27,36,39H,7-8,10-11,13-14,17H2,1-3H3,(H,32,35)(H,37,38)/b33-20+/t22-,23+,24+,26+,27-,29+,30+,31+/m1/s1. The molecular formula is C31H39N3O8. The van der Waals surface area contributed by atoms with Crippen LogP contribution >= 0.6 is 0 Å². The number of aliphatic hydroxyl groups is 2. The van der Waals surface area contributed by atoms with Crippen LogP contribution in [-0.4, -0.2) is 56.1 Å². The van der Waals surface area contributed by atoms with Crippen LogP contribution in [0.4, 0.5) is 5.69 Å². The molecule has 0 saturated heterocycles. The van der Waals surface area contributed by atoms with Crippen molar-refractivity contribution in [3.8, 4) is 0 Å². The molecule has 3 fully saturated rings. The topological polar surface area (TPSA) is 172 Å². The van der Waals surface area contributed by atoms with Crippen LogP contribution in [0, 0.1) is 38.7 Å². The molecule has 11 nitrogen and oxygen atoms in total. The molecule has 4 aliphatic rings. The highest BCUT2D eigenvalue weighted by Gasteiger charge is 2.62. The van der Waals surface area contributed by atoms with Gasteiger partial charge in [0.1, 0.15) is 11.8 Å². The van der Waals surface area contributed by atoms with Gasteiger partial charge in [-0.1, -0.05) is 42.8 Å². The van der Waals surface area contributed by atoms with E-state index in [1.165, 1.54) is 23.8 Å². The summed E-state index contributed by atoms with van der Waals surface area (Å²) in [5.41, 5.74) is 0.745. The second kappa shape index (κ2) is 10.9. The quantitative estimate of drug-likeness (QED) is 0.263. The number of nitrogens with one attached hydrogen (secondary N) is 1. The van der Waals surface area contributed by atoms with E-state index in [1.807, 2.05) is 19.1 Å². The van der Waals surface area contributed by atoms with Gasteiger partial charge >= 0.3 is 5.97 Å². The first-order valence-electron chi connectivity index (χ1n) is 14.5. The van der Waals surface area contributed by atoms with E-state index in [2.05, 4.69) is 30.4 Å². The number of carboxylic acids is 1. The van der Waals surface area contributed by atoms with E-state index < -0.39 is 41.2 Å². The summed E-state index contributed by atoms with van der Waals surface area (Å²) in [6.07, 6.45) is 10.4. The highest BCUT2D eigenvalue weighted by molar-refractivity contribution is 6.05. The Morgan fingerprint density at radius 3 is 2.64 bits per heavy atom. The number of aliphatic hydroxyl groups excluding tert-OH is 1. The summed E-state index contributed by atoms with van der Waals surface area (Å²) in [5, 5.41) is 48.5. The van der Waals surface area contributed by atoms with Crippen molar-refractivity contribution in [1.29, 1.82) is 0 Å². The summed E-state index contributed by atoms with van der Waals surface area (Å²) in [5.74, 6) is -0.763. The molecule has 4 N–H and O–H groups in total. The van der Waals surface area contributed by atoms with Crippen LogP contribution in [0.5, 0.6) is 0 Å². The highest BCUT2D eigenvalue weighted by Crippen LogP contribution is 2.66. The Hall–Kier alpha value is -3.57. The second-order valence-electron chi connectivity index (χ2n) is 12.9. The molecule has 0 heterocycles. The first kappa shape index (κ1) is 29.9. The molecule has 11 heteroatoms. The fraction of sp³-hybridized carbons (Fsp3) is 0.581. The number of hydrogen-bond donors (Lipinski definition) is 4. The molecule has 4 aliphatic carbocycles. The van der Waals surface area contributed by atoms with Crippen molar-refractivity contribution >= 4 is 23.3 Å². The number of hydrogen-bond acceptors (Lipinski definition) is 8. The van der Waals surface area contributed by atoms with E-state index in [0.29, 0.717) is 23.5 Å². The molecule has 3 saturated carbocycles. The third-order valence-electron chi connectivity index (χ3n) is 10.8. The normalized spacial score (nSPS) is 35.7. The van der Waals surface area contributed by atoms with Gasteiger partial charge in [-0.3, -0.25) is 14.9 Å². The van der Waals surface area contributed by atoms with Crippen LogP contribution in [0.15, 0.2) is 53.2 Å². The number of fused-ring (bicyclic) bond motifs is 5. The number of carbonyl (C=O) groups is 2. The predicted octanol–water partition coefficient (Wildman–Crippen LogP) is 4.06. The zero-order valence-corrected chi connectivity index (χ0v) is 24.2. The molecule has 0 spiro atoms. The largest absolute Gasteiger partial charge is 0.480 e. The van der Waals surface area contributed by atoms with Gasteiger partial charge in [-0.05, 0) is 86.3 Å². The maximum atomic E-state index is 12.5. The zero-order valence-electron chi connectivity index (χ0n) is 24.2. The number of amides is 1. The van der Waals surface area contributed by atoms with Crippen molar-refractivity contribution in [1.82, 2.24) is 5.32 Å². The van der Waals surface area contributed by atoms with Crippen LogP contribution in [-0.2, 0) is 14.4 Å². The van der Waals surface area contributed by atoms with Crippen LogP contribution in [0.1, 0.15) is 71.0 Å². The van der Waals surface area contributed by atoms with Crippen molar-refractivity contribution in [2.75, 3.05) is 6.61 Å². The van der Waals surface area contributed by atoms with Gasteiger partial charge in [-0.2, -0.15) is 0 Å². The number of nitro benzene ring substituents is 1. The van der Waals surface area contributed by atoms with Gasteiger partial charge in [0, 0.05) is 17.5 Å². The first-order valence-corrected chi connectivity index (χ1v) is 14.5. The molecule has 226 valence electrons. The summed E-state index contributed by atoms with van der Waals surface area (Å²) in [7, 11) is 0. The molecule has 0 radical (unpaired) electrons. The minimum atomic E-state index is -1.75. The minimum absolute atomic E-state index is 0.0179. The van der Waals surface area contributed by atoms with Gasteiger partial charge in [0.2, 0.25) is 0 Å². The number of rotatable bonds is 8. The molecule has 0 bridgehead atoms. The summed E-state index contributed by atoms with van der Waals surface area (Å²) >= 11 is 0. The number of carboxylic acid groups (broad SMARTS) is 1. The molecule has 8 atom stereocenters. The molecular weight excluding hydrogens is 542 g/mol. The average molecular weight is 582 g/mol. The van der Waals surface area contributed by atoms with Crippen LogP contribution in [0.25, 0.3) is 0 Å². The Kier molecular flexibility index (Phi) is 7.78. The van der Waals surface area contributed by atoms with E-state index >= 15 is 0 Å². The number of nitro groups is 1. The lowest BCUT2D eigenvalue weighted by molar-refractivity contribution is -0.385. The van der Waals surface area contributed by atoms with Gasteiger partial charge in [0.25, 0.3) is 11.6 Å². The third-order valence-corrected chi connectivity index (χ3v) is 10.8. The Morgan fingerprint density at radius 2 is 1.93 bits per heavy atom. The highest BCUT2D eigenvalue weighted by atomic mass is 16.6. The van der Waals surface area contributed by atoms with Crippen molar-refractivity contribution < 1.29 is 34.7 Å². The van der Waals surface area contributed by atoms with Gasteiger partial charge < -0.3 is 25.5 Å². The van der Waals surface area contributed by atoms with Gasteiger partial charge in [-0.15, -0.1) is 0 Å². The smallest absolute Gasteiger partial charge is 0.329 e. The molecule has 0 aromatic heterocycles. The van der Waals surface area contributed by atoms with E-state index in [9.17, 15) is 35.0 Å². The van der Waals surface area contributed by atoms with Crippen molar-refractivity contribution in [3.05, 3.63) is 63.7 Å². The molecule has 42 heavy (non-hydrogen) atoms. The first-order chi connectivity index (χ1) is 19.8. The van der Waals surface area contributed by atoms with Crippen molar-refractivity contribution in [2.45, 2.75) is 77.0 Å². The predicted molar refractivity (Wildman–Crippen MR) is 153 cm³/mol. The Balaban J connectivity index is 1.20. The lowest BCUT2D eigenvalue weighted by atomic mass is 9.47. The van der Waals surface area contributed by atoms with E-state index in [4.69, 9.17) is 4.84 Å². The minimum Gasteiger partial charge on any atom is -0.480 e. The van der Waals surface area contributed by atoms with Crippen LogP contribution in [0.3, 0.4) is 0 Å². The number of aliphatic carboxylic acids is 1. The van der Waals surface area contributed by atoms with E-state index in [-0.39, 0.29) is 22.1 Å². The van der Waals surface area contributed by atoms with E-state index in [1.54, 1.807) is 0 Å². The van der Waals surface area contributed by atoms with Crippen molar-refractivity contribution in [2.24, 2.45) is 33.7 Å². The lowest BCUT2D eigenvalue weighted by Gasteiger charge is -2.58. The number of oxime groups is 1. The molecule has 0 aliphatic heterocycles. The SMILES string of the molecule is C[C@]12C=C/C(=N\OCC(=O)N[C@H](C(=O)O)[C@H](O)c3cccc([N+](=O)[O-])c3)C=C1CC[C@@H]1[C@@H]2CC[C@@]2(C)[C@H]1CC[C@]2(C)O. The van der Waals surface area contributed by atoms with Gasteiger partial charge in [0.05, 0.1) is 10.5 Å². The molecule has 1 aromatic rings. The average Bonchev–Trinajstić information content (AvgIpc) is 3.19. The Bertz CT molecular complexity index is 1370. The number of nitrogens with zero attached hydrogens (tertiary/aromatic N) is 2. The molecule has 0 unspecified atom stereocenters. The third kappa shape index (κ3) is 5.13. The summed E-state index contributed by atoms with van der Waals surface area (Å²) in [6.45, 7) is 5.99. The Morgan fingerprint density at radius 1 is 1.19 bits per heavy atom. The lowest BCUT2D eigenvalue weighted by Crippen LogP contribution is -2.53. The van der Waals surface area contributed by atoms with Crippen LogP contribution < -0.4 is 5.32 Å². The number of allylic oxidation sites excluding steroid dienone is 4. The van der Waals surface area contributed by atoms with Gasteiger partial charge in [-0.25, -0.2) is 4.79 Å². The maximum Gasteiger partial charge on any atom is 0.329 e. The van der Waals surface area contributed by atoms with E-state index in [0.717, 1.165) is 44.6 Å². The Labute approximate surface area is 244 Å². The molecule has 1 aromatic carbocycles. The molecule has 5 rings (SSSR count). The fourth-order valence-corrected chi connectivity index (χ4v) is 8.18. The number of non-ortho nitro benzene ring substituents is 1. The summed E-state index contributed by atoms with van der Waals surface area (Å²) in [6, 6.07) is 3.19. The van der Waals surface area contributed by atoms with Crippen LogP contribution in [0.2, 0.25) is 0 Å². The number of carbonyl (C=O) groups excluding carboxylic acids is 1. The monoisotopic (exact) mass is 581 g/mol. The summed E-state index contributed by atoms with van der Waals surface area (Å²) < 4.78 is 0.